The van der Waals surface area contributed by atoms with Gasteiger partial charge in [-0.05, 0) is 31.0 Å². The zero-order valence-corrected chi connectivity index (χ0v) is 17.7. The summed E-state index contributed by atoms with van der Waals surface area (Å²) in [5, 5.41) is 2.87. The number of nitrogens with zero attached hydrogens (tertiary/aromatic N) is 3. The molecule has 0 bridgehead atoms. The Morgan fingerprint density at radius 1 is 1.17 bits per heavy atom. The molecule has 4 rings (SSSR count). The zero-order chi connectivity index (χ0) is 21.1. The number of amides is 1. The predicted octanol–water partition coefficient (Wildman–Crippen LogP) is 2.41. The highest BCUT2D eigenvalue weighted by atomic mass is 16.5. The number of hydrogen-bond donors (Lipinski definition) is 1. The summed E-state index contributed by atoms with van der Waals surface area (Å²) >= 11 is 0. The van der Waals surface area contributed by atoms with Gasteiger partial charge in [-0.3, -0.25) is 4.79 Å². The van der Waals surface area contributed by atoms with Crippen LogP contribution in [0.2, 0.25) is 0 Å². The van der Waals surface area contributed by atoms with E-state index in [-0.39, 0.29) is 12.0 Å². The first-order valence-corrected chi connectivity index (χ1v) is 10.3. The van der Waals surface area contributed by atoms with Gasteiger partial charge in [-0.1, -0.05) is 0 Å². The molecule has 0 atom stereocenters. The quantitative estimate of drug-likeness (QED) is 0.699. The maximum atomic E-state index is 12.0. The number of aromatic nitrogens is 2. The number of pyridine rings is 2. The number of carbonyl (C=O) groups excluding carboxylic acids is 1. The van der Waals surface area contributed by atoms with Gasteiger partial charge in [0.1, 0.15) is 24.3 Å². The Bertz CT molecular complexity index is 908. The van der Waals surface area contributed by atoms with Gasteiger partial charge in [0, 0.05) is 39.1 Å². The van der Waals surface area contributed by atoms with Crippen LogP contribution in [0.15, 0.2) is 18.3 Å². The summed E-state index contributed by atoms with van der Waals surface area (Å²) in [5.41, 5.74) is 3.72. The van der Waals surface area contributed by atoms with Gasteiger partial charge in [-0.15, -0.1) is 0 Å². The molecule has 8 heteroatoms. The number of ether oxygens (including phenoxy) is 3. The fourth-order valence-corrected chi connectivity index (χ4v) is 3.96. The van der Waals surface area contributed by atoms with E-state index in [2.05, 4.69) is 15.2 Å². The minimum Gasteiger partial charge on any atom is -0.489 e. The van der Waals surface area contributed by atoms with Crippen molar-refractivity contribution in [2.45, 2.75) is 39.3 Å². The number of nitrogens with one attached hydrogen (secondary N) is 1. The van der Waals surface area contributed by atoms with Crippen LogP contribution in [0.4, 0.5) is 5.82 Å². The average molecular weight is 412 g/mol. The molecule has 8 nitrogen and oxygen atoms in total. The molecule has 2 aromatic rings. The molecule has 1 saturated heterocycles. The minimum absolute atomic E-state index is 0.0134. The van der Waals surface area contributed by atoms with Crippen molar-refractivity contribution in [2.75, 3.05) is 38.3 Å². The van der Waals surface area contributed by atoms with Crippen molar-refractivity contribution in [3.63, 3.8) is 0 Å². The van der Waals surface area contributed by atoms with Gasteiger partial charge in [-0.25, -0.2) is 9.97 Å². The molecule has 0 spiro atoms. The van der Waals surface area contributed by atoms with Crippen molar-refractivity contribution in [2.24, 2.45) is 0 Å². The van der Waals surface area contributed by atoms with Crippen molar-refractivity contribution in [3.8, 4) is 11.6 Å². The van der Waals surface area contributed by atoms with E-state index >= 15 is 0 Å². The van der Waals surface area contributed by atoms with Gasteiger partial charge in [0.05, 0.1) is 30.6 Å². The number of rotatable bonds is 7. The highest BCUT2D eigenvalue weighted by Gasteiger charge is 2.29. The normalized spacial score (nSPS) is 16.4. The van der Waals surface area contributed by atoms with Gasteiger partial charge in [-0.2, -0.15) is 0 Å². The second-order valence-corrected chi connectivity index (χ2v) is 7.67. The summed E-state index contributed by atoms with van der Waals surface area (Å²) in [7, 11) is 1.64. The molecule has 0 aliphatic carbocycles. The summed E-state index contributed by atoms with van der Waals surface area (Å²) in [4.78, 5) is 23.4. The number of hydrogen-bond acceptors (Lipinski definition) is 7. The summed E-state index contributed by atoms with van der Waals surface area (Å²) in [6.07, 6.45) is 3.65. The zero-order valence-electron chi connectivity index (χ0n) is 17.7. The Kier molecular flexibility index (Phi) is 6.03. The van der Waals surface area contributed by atoms with E-state index in [4.69, 9.17) is 19.2 Å². The van der Waals surface area contributed by atoms with E-state index in [0.717, 1.165) is 59.9 Å². The maximum Gasteiger partial charge on any atom is 0.253 e. The van der Waals surface area contributed by atoms with Crippen LogP contribution in [-0.2, 0) is 11.3 Å². The number of piperidine rings is 1. The average Bonchev–Trinajstić information content (AvgIpc) is 3.13. The third kappa shape index (κ3) is 4.18. The van der Waals surface area contributed by atoms with E-state index in [1.807, 2.05) is 26.0 Å². The number of carbonyl (C=O) groups is 1. The maximum absolute atomic E-state index is 12.0. The predicted molar refractivity (Wildman–Crippen MR) is 112 cm³/mol. The lowest BCUT2D eigenvalue weighted by molar-refractivity contribution is 0.0965. The fraction of sp³-hybridized carbons (Fsp3) is 0.500. The lowest BCUT2D eigenvalue weighted by atomic mass is 10.0. The minimum atomic E-state index is -0.0134. The lowest BCUT2D eigenvalue weighted by Gasteiger charge is -2.34. The molecular formula is C22H28N4O4. The van der Waals surface area contributed by atoms with Gasteiger partial charge in [0.15, 0.2) is 0 Å². The molecule has 0 unspecified atom stereocenters. The van der Waals surface area contributed by atoms with E-state index in [1.165, 1.54) is 0 Å². The highest BCUT2D eigenvalue weighted by Crippen LogP contribution is 2.30. The van der Waals surface area contributed by atoms with E-state index in [9.17, 15) is 4.79 Å². The Labute approximate surface area is 176 Å². The summed E-state index contributed by atoms with van der Waals surface area (Å²) in [6.45, 7) is 7.31. The molecule has 0 aromatic carbocycles. The number of anilines is 1. The Morgan fingerprint density at radius 3 is 2.67 bits per heavy atom. The van der Waals surface area contributed by atoms with Crippen molar-refractivity contribution in [1.29, 1.82) is 0 Å². The molecule has 1 fully saturated rings. The number of fused-ring (bicyclic) bond motifs is 1. The molecule has 1 N–H and O–H groups in total. The van der Waals surface area contributed by atoms with Crippen LogP contribution in [0.3, 0.4) is 0 Å². The van der Waals surface area contributed by atoms with E-state index < -0.39 is 0 Å². The third-order valence-electron chi connectivity index (χ3n) is 5.74. The lowest BCUT2D eigenvalue weighted by Crippen LogP contribution is -2.39. The first-order valence-electron chi connectivity index (χ1n) is 10.3. The highest BCUT2D eigenvalue weighted by molar-refractivity contribution is 5.99. The molecule has 160 valence electrons. The SMILES string of the molecule is COCCOc1ccc(OC2CCN(c3nc4c(c(C)c3C)C(=O)NC4)CC2)cn1. The van der Waals surface area contributed by atoms with Gasteiger partial charge < -0.3 is 24.4 Å². The van der Waals surface area contributed by atoms with Gasteiger partial charge in [0.2, 0.25) is 5.88 Å². The second kappa shape index (κ2) is 8.87. The topological polar surface area (TPSA) is 85.8 Å². The van der Waals surface area contributed by atoms with Crippen molar-refractivity contribution < 1.29 is 19.0 Å². The molecule has 30 heavy (non-hydrogen) atoms. The molecule has 4 heterocycles. The second-order valence-electron chi connectivity index (χ2n) is 7.67. The van der Waals surface area contributed by atoms with Crippen molar-refractivity contribution in [3.05, 3.63) is 40.7 Å². The summed E-state index contributed by atoms with van der Waals surface area (Å²) in [6, 6.07) is 3.71. The molecule has 0 saturated carbocycles. The Hall–Kier alpha value is -2.87. The Morgan fingerprint density at radius 2 is 1.97 bits per heavy atom. The van der Waals surface area contributed by atoms with E-state index in [1.54, 1.807) is 13.3 Å². The molecule has 2 aliphatic rings. The van der Waals surface area contributed by atoms with Crippen LogP contribution in [-0.4, -0.2) is 55.4 Å². The van der Waals surface area contributed by atoms with Crippen LogP contribution in [0.1, 0.15) is 40.0 Å². The van der Waals surface area contributed by atoms with Gasteiger partial charge >= 0.3 is 0 Å². The molecular weight excluding hydrogens is 384 g/mol. The molecule has 2 aromatic heterocycles. The summed E-state index contributed by atoms with van der Waals surface area (Å²) < 4.78 is 16.6. The monoisotopic (exact) mass is 412 g/mol. The van der Waals surface area contributed by atoms with Crippen molar-refractivity contribution >= 4 is 11.7 Å². The van der Waals surface area contributed by atoms with Crippen LogP contribution < -0.4 is 19.7 Å². The first kappa shape index (κ1) is 20.4. The third-order valence-corrected chi connectivity index (χ3v) is 5.74. The van der Waals surface area contributed by atoms with Crippen LogP contribution in [0, 0.1) is 13.8 Å². The molecule has 2 aliphatic heterocycles. The van der Waals surface area contributed by atoms with Gasteiger partial charge in [0.25, 0.3) is 5.91 Å². The van der Waals surface area contributed by atoms with Crippen LogP contribution >= 0.6 is 0 Å². The fourth-order valence-electron chi connectivity index (χ4n) is 3.96. The standard InChI is InChI=1S/C22H28N4O4/c1-14-15(2)21(25-18-13-24-22(27)20(14)18)26-8-6-16(7-9-26)30-17-4-5-19(23-12-17)29-11-10-28-3/h4-5,12,16H,6-11,13H2,1-3H3,(H,24,27). The van der Waals surface area contributed by atoms with Crippen LogP contribution in [0.25, 0.3) is 0 Å². The smallest absolute Gasteiger partial charge is 0.253 e. The van der Waals surface area contributed by atoms with Crippen molar-refractivity contribution in [1.82, 2.24) is 15.3 Å². The van der Waals surface area contributed by atoms with Crippen LogP contribution in [0.5, 0.6) is 11.6 Å². The first-order chi connectivity index (χ1) is 14.6. The largest absolute Gasteiger partial charge is 0.489 e. The Balaban J connectivity index is 1.35. The molecule has 0 radical (unpaired) electrons. The summed E-state index contributed by atoms with van der Waals surface area (Å²) in [5.74, 6) is 2.29. The van der Waals surface area contributed by atoms with E-state index in [0.29, 0.717) is 25.6 Å². The number of methoxy groups -OCH3 is 1. The molecule has 1 amide bonds.